The molecule has 0 spiro atoms. The van der Waals surface area contributed by atoms with Gasteiger partial charge in [0.05, 0.1) is 19.4 Å². The van der Waals surface area contributed by atoms with E-state index in [1.165, 1.54) is 11.8 Å². The van der Waals surface area contributed by atoms with E-state index >= 15 is 0 Å². The molecule has 0 saturated heterocycles. The minimum atomic E-state index is -0.0819. The lowest BCUT2D eigenvalue weighted by atomic mass is 10.2. The van der Waals surface area contributed by atoms with Crippen molar-refractivity contribution in [1.29, 1.82) is 0 Å². The molecule has 0 atom stereocenters. The molecule has 25 heavy (non-hydrogen) atoms. The van der Waals surface area contributed by atoms with E-state index in [0.717, 1.165) is 16.2 Å². The molecule has 9 heteroatoms. The lowest BCUT2D eigenvalue weighted by molar-refractivity contribution is -0.118. The van der Waals surface area contributed by atoms with Gasteiger partial charge in [-0.3, -0.25) is 4.79 Å². The van der Waals surface area contributed by atoms with Gasteiger partial charge < -0.3 is 10.1 Å². The van der Waals surface area contributed by atoms with Gasteiger partial charge in [-0.2, -0.15) is 0 Å². The Hall–Kier alpha value is -2.39. The van der Waals surface area contributed by atoms with Gasteiger partial charge in [0, 0.05) is 17.0 Å². The zero-order chi connectivity index (χ0) is 17.5. The second kappa shape index (κ2) is 8.63. The zero-order valence-corrected chi connectivity index (χ0v) is 15.2. The summed E-state index contributed by atoms with van der Waals surface area (Å²) in [5.41, 5.74) is 0.936. The highest BCUT2D eigenvalue weighted by molar-refractivity contribution is 7.99. The van der Waals surface area contributed by atoms with Gasteiger partial charge in [0.2, 0.25) is 11.1 Å². The number of hydrogen-bond donors (Lipinski definition) is 1. The predicted octanol–water partition coefficient (Wildman–Crippen LogP) is 2.20. The largest absolute Gasteiger partial charge is 0.496 e. The number of para-hydroxylation sites is 1. The van der Waals surface area contributed by atoms with E-state index in [1.54, 1.807) is 23.1 Å². The van der Waals surface area contributed by atoms with Crippen LogP contribution in [0.1, 0.15) is 10.4 Å². The number of carbonyl (C=O) groups excluding carboxylic acids is 1. The van der Waals surface area contributed by atoms with Crippen LogP contribution < -0.4 is 10.1 Å². The summed E-state index contributed by atoms with van der Waals surface area (Å²) in [6.07, 6.45) is 0. The Balaban J connectivity index is 1.50. The lowest BCUT2D eigenvalue weighted by Crippen LogP contribution is -2.25. The molecule has 0 radical (unpaired) electrons. The summed E-state index contributed by atoms with van der Waals surface area (Å²) in [7, 11) is 1.62. The van der Waals surface area contributed by atoms with Gasteiger partial charge >= 0.3 is 0 Å². The average Bonchev–Trinajstić information content (AvgIpc) is 3.31. The fourth-order valence-corrected chi connectivity index (χ4v) is 3.57. The maximum absolute atomic E-state index is 12.1. The molecular weight excluding hydrogens is 358 g/mol. The number of rotatable bonds is 8. The first kappa shape index (κ1) is 17.4. The number of methoxy groups -OCH3 is 1. The third kappa shape index (κ3) is 4.80. The Kier molecular flexibility index (Phi) is 6.02. The van der Waals surface area contributed by atoms with Gasteiger partial charge in [0.1, 0.15) is 5.75 Å². The van der Waals surface area contributed by atoms with Crippen molar-refractivity contribution in [3.05, 3.63) is 52.2 Å². The number of hydrogen-bond acceptors (Lipinski definition) is 7. The van der Waals surface area contributed by atoms with Crippen molar-refractivity contribution >= 4 is 29.0 Å². The Bertz CT molecular complexity index is 820. The van der Waals surface area contributed by atoms with Gasteiger partial charge in [-0.25, -0.2) is 4.68 Å². The molecule has 1 aromatic carbocycles. The van der Waals surface area contributed by atoms with Crippen molar-refractivity contribution in [3.63, 3.8) is 0 Å². The highest BCUT2D eigenvalue weighted by Crippen LogP contribution is 2.18. The molecule has 7 nitrogen and oxygen atoms in total. The number of nitrogens with one attached hydrogen (secondary N) is 1. The van der Waals surface area contributed by atoms with E-state index in [-0.39, 0.29) is 11.7 Å². The van der Waals surface area contributed by atoms with E-state index in [2.05, 4.69) is 20.8 Å². The highest BCUT2D eigenvalue weighted by atomic mass is 32.2. The van der Waals surface area contributed by atoms with E-state index in [4.69, 9.17) is 4.74 Å². The summed E-state index contributed by atoms with van der Waals surface area (Å²) in [6, 6.07) is 11.6. The zero-order valence-electron chi connectivity index (χ0n) is 13.6. The number of benzene rings is 1. The molecule has 3 aromatic rings. The molecule has 0 aliphatic rings. The summed E-state index contributed by atoms with van der Waals surface area (Å²) in [6.45, 7) is 1.03. The third-order valence-electron chi connectivity index (χ3n) is 3.39. The fourth-order valence-electron chi connectivity index (χ4n) is 2.17. The lowest BCUT2D eigenvalue weighted by Gasteiger charge is -2.09. The van der Waals surface area contributed by atoms with Crippen LogP contribution >= 0.6 is 23.1 Å². The second-order valence-electron chi connectivity index (χ2n) is 5.08. The summed E-state index contributed by atoms with van der Waals surface area (Å²) in [5.74, 6) is 0.928. The van der Waals surface area contributed by atoms with Gasteiger partial charge in [0.15, 0.2) is 0 Å². The van der Waals surface area contributed by atoms with Crippen LogP contribution in [-0.4, -0.2) is 39.0 Å². The van der Waals surface area contributed by atoms with Crippen LogP contribution in [0.4, 0.5) is 0 Å². The first-order valence-corrected chi connectivity index (χ1v) is 9.42. The molecule has 0 aliphatic heterocycles. The minimum Gasteiger partial charge on any atom is -0.496 e. The summed E-state index contributed by atoms with van der Waals surface area (Å²) in [4.78, 5) is 13.3. The van der Waals surface area contributed by atoms with Crippen molar-refractivity contribution in [2.75, 3.05) is 12.9 Å². The van der Waals surface area contributed by atoms with Gasteiger partial charge in [-0.1, -0.05) is 36.0 Å². The molecule has 0 fully saturated rings. The SMILES string of the molecule is COc1ccccc1CNC(=O)CSc1nnnn1Cc1cccs1. The van der Waals surface area contributed by atoms with E-state index in [1.807, 2.05) is 41.8 Å². The molecule has 130 valence electrons. The molecule has 2 heterocycles. The van der Waals surface area contributed by atoms with Crippen LogP contribution in [0.2, 0.25) is 0 Å². The van der Waals surface area contributed by atoms with E-state index in [9.17, 15) is 4.79 Å². The second-order valence-corrected chi connectivity index (χ2v) is 7.05. The Morgan fingerprint density at radius 3 is 3.00 bits per heavy atom. The standard InChI is InChI=1S/C16H17N5O2S2/c1-23-14-7-3-2-5-12(14)9-17-15(22)11-25-16-18-19-20-21(16)10-13-6-4-8-24-13/h2-8H,9-11H2,1H3,(H,17,22). The summed E-state index contributed by atoms with van der Waals surface area (Å²) in [5, 5.41) is 17.2. The third-order valence-corrected chi connectivity index (χ3v) is 5.20. The van der Waals surface area contributed by atoms with Crippen LogP contribution in [0, 0.1) is 0 Å². The van der Waals surface area contributed by atoms with Crippen molar-refractivity contribution in [2.24, 2.45) is 0 Å². The first-order chi connectivity index (χ1) is 12.3. The number of aromatic nitrogens is 4. The van der Waals surface area contributed by atoms with Gasteiger partial charge in [0.25, 0.3) is 0 Å². The average molecular weight is 375 g/mol. The topological polar surface area (TPSA) is 81.9 Å². The summed E-state index contributed by atoms with van der Waals surface area (Å²) >= 11 is 2.96. The van der Waals surface area contributed by atoms with Crippen molar-refractivity contribution in [3.8, 4) is 5.75 Å². The molecule has 1 amide bonds. The Labute approximate surface area is 153 Å². The molecule has 2 aromatic heterocycles. The highest BCUT2D eigenvalue weighted by Gasteiger charge is 2.11. The monoisotopic (exact) mass is 375 g/mol. The number of thiophene rings is 1. The molecule has 3 rings (SSSR count). The Morgan fingerprint density at radius 2 is 2.20 bits per heavy atom. The molecular formula is C16H17N5O2S2. The molecule has 1 N–H and O–H groups in total. The van der Waals surface area contributed by atoms with Crippen LogP contribution in [0.3, 0.4) is 0 Å². The number of carbonyl (C=O) groups is 1. The minimum absolute atomic E-state index is 0.0819. The molecule has 0 aliphatic carbocycles. The van der Waals surface area contributed by atoms with Gasteiger partial charge in [-0.05, 0) is 27.9 Å². The summed E-state index contributed by atoms with van der Waals surface area (Å²) < 4.78 is 6.98. The number of thioether (sulfide) groups is 1. The maximum Gasteiger partial charge on any atom is 0.230 e. The predicted molar refractivity (Wildman–Crippen MR) is 96.8 cm³/mol. The number of amides is 1. The smallest absolute Gasteiger partial charge is 0.230 e. The molecule has 0 bridgehead atoms. The van der Waals surface area contributed by atoms with E-state index < -0.39 is 0 Å². The fraction of sp³-hybridized carbons (Fsp3) is 0.250. The Morgan fingerprint density at radius 1 is 1.32 bits per heavy atom. The van der Waals surface area contributed by atoms with Crippen LogP contribution in [0.15, 0.2) is 46.9 Å². The van der Waals surface area contributed by atoms with E-state index in [0.29, 0.717) is 18.2 Å². The van der Waals surface area contributed by atoms with Crippen molar-refractivity contribution in [1.82, 2.24) is 25.5 Å². The number of nitrogens with zero attached hydrogens (tertiary/aromatic N) is 4. The maximum atomic E-state index is 12.1. The van der Waals surface area contributed by atoms with Crippen molar-refractivity contribution in [2.45, 2.75) is 18.2 Å². The number of ether oxygens (including phenoxy) is 1. The van der Waals surface area contributed by atoms with Crippen LogP contribution in [0.25, 0.3) is 0 Å². The van der Waals surface area contributed by atoms with Crippen LogP contribution in [-0.2, 0) is 17.9 Å². The molecule has 0 saturated carbocycles. The number of tetrazole rings is 1. The van der Waals surface area contributed by atoms with Crippen molar-refractivity contribution < 1.29 is 9.53 Å². The normalized spacial score (nSPS) is 10.6. The quantitative estimate of drug-likeness (QED) is 0.608. The van der Waals surface area contributed by atoms with Crippen LogP contribution in [0.5, 0.6) is 5.75 Å². The van der Waals surface area contributed by atoms with Gasteiger partial charge in [-0.15, -0.1) is 16.4 Å². The first-order valence-electron chi connectivity index (χ1n) is 7.56. The molecule has 0 unspecified atom stereocenters.